The fourth-order valence-corrected chi connectivity index (χ4v) is 6.42. The Morgan fingerprint density at radius 2 is 1.84 bits per heavy atom. The predicted octanol–water partition coefficient (Wildman–Crippen LogP) is 8.88. The SMILES string of the molecule is C=C/C=C(/OC)N(C)C(C)(/C=C\CC)n1c(CC(C)(C)C(=O)OCC)c(SC(C)(C)C)c2cc(OCc3ccccn3)ccc21. The zero-order chi connectivity index (χ0) is 33.4. The minimum absolute atomic E-state index is 0.116. The average Bonchev–Trinajstić information content (AvgIpc) is 3.28. The summed E-state index contributed by atoms with van der Waals surface area (Å²) in [7, 11) is 3.69. The number of ether oxygens (including phenoxy) is 3. The van der Waals surface area contributed by atoms with Crippen molar-refractivity contribution in [2.45, 2.75) is 90.1 Å². The highest BCUT2D eigenvalue weighted by Gasteiger charge is 2.40. The number of esters is 1. The van der Waals surface area contributed by atoms with Crippen LogP contribution in [0, 0.1) is 5.41 Å². The van der Waals surface area contributed by atoms with Crippen molar-refractivity contribution in [1.29, 1.82) is 0 Å². The molecule has 45 heavy (non-hydrogen) atoms. The van der Waals surface area contributed by atoms with E-state index in [0.29, 0.717) is 25.5 Å². The molecule has 3 aromatic rings. The maximum absolute atomic E-state index is 13.3. The van der Waals surface area contributed by atoms with E-state index in [1.54, 1.807) is 31.1 Å². The Balaban J connectivity index is 2.42. The van der Waals surface area contributed by atoms with Gasteiger partial charge in [0.05, 0.1) is 30.3 Å². The van der Waals surface area contributed by atoms with Gasteiger partial charge in [0.25, 0.3) is 0 Å². The molecule has 0 spiro atoms. The molecular weight excluding hydrogens is 582 g/mol. The Bertz CT molecular complexity index is 1520. The maximum atomic E-state index is 13.3. The molecule has 2 aromatic heterocycles. The van der Waals surface area contributed by atoms with Crippen LogP contribution in [0.2, 0.25) is 0 Å². The number of carbonyl (C=O) groups is 1. The number of fused-ring (bicyclic) bond motifs is 1. The van der Waals surface area contributed by atoms with Gasteiger partial charge < -0.3 is 23.7 Å². The van der Waals surface area contributed by atoms with Gasteiger partial charge in [-0.2, -0.15) is 0 Å². The number of methoxy groups -OCH3 is 1. The van der Waals surface area contributed by atoms with E-state index < -0.39 is 11.1 Å². The summed E-state index contributed by atoms with van der Waals surface area (Å²) in [5, 5.41) is 1.05. The van der Waals surface area contributed by atoms with E-state index >= 15 is 0 Å². The minimum atomic E-state index is -0.789. The van der Waals surface area contributed by atoms with Crippen LogP contribution in [0.5, 0.6) is 5.75 Å². The largest absolute Gasteiger partial charge is 0.487 e. The second-order valence-corrected chi connectivity index (χ2v) is 14.6. The number of nitrogens with zero attached hydrogens (tertiary/aromatic N) is 3. The van der Waals surface area contributed by atoms with Crippen LogP contribution in [0.4, 0.5) is 0 Å². The molecular formula is C37H51N3O4S. The molecule has 7 nitrogen and oxygen atoms in total. The molecule has 244 valence electrons. The summed E-state index contributed by atoms with van der Waals surface area (Å²) in [5.41, 5.74) is 1.39. The highest BCUT2D eigenvalue weighted by Crippen LogP contribution is 2.47. The molecule has 0 bridgehead atoms. The van der Waals surface area contributed by atoms with Crippen LogP contribution >= 0.6 is 11.8 Å². The first-order valence-electron chi connectivity index (χ1n) is 15.6. The van der Waals surface area contributed by atoms with Gasteiger partial charge in [0, 0.05) is 40.4 Å². The van der Waals surface area contributed by atoms with Gasteiger partial charge in [0.1, 0.15) is 18.0 Å². The van der Waals surface area contributed by atoms with Crippen molar-refractivity contribution < 1.29 is 19.0 Å². The number of hydrogen-bond donors (Lipinski definition) is 0. The highest BCUT2D eigenvalue weighted by atomic mass is 32.2. The monoisotopic (exact) mass is 633 g/mol. The van der Waals surface area contributed by atoms with Crippen LogP contribution in [0.1, 0.15) is 73.2 Å². The third-order valence-corrected chi connectivity index (χ3v) is 8.82. The average molecular weight is 634 g/mol. The number of rotatable bonds is 15. The molecule has 0 amide bonds. The Hall–Kier alpha value is -3.65. The topological polar surface area (TPSA) is 65.8 Å². The Morgan fingerprint density at radius 1 is 1.11 bits per heavy atom. The summed E-state index contributed by atoms with van der Waals surface area (Å²) in [6.45, 7) is 21.3. The second kappa shape index (κ2) is 15.1. The quantitative estimate of drug-likeness (QED) is 0.0544. The van der Waals surface area contributed by atoms with E-state index in [4.69, 9.17) is 14.2 Å². The summed E-state index contributed by atoms with van der Waals surface area (Å²) >= 11 is 1.80. The minimum Gasteiger partial charge on any atom is -0.487 e. The van der Waals surface area contributed by atoms with Gasteiger partial charge >= 0.3 is 5.97 Å². The van der Waals surface area contributed by atoms with Crippen molar-refractivity contribution in [3.05, 3.63) is 90.7 Å². The Kier molecular flexibility index (Phi) is 12.0. The molecule has 0 fully saturated rings. The number of benzene rings is 1. The van der Waals surface area contributed by atoms with Crippen LogP contribution in [-0.2, 0) is 33.0 Å². The first-order chi connectivity index (χ1) is 21.2. The van der Waals surface area contributed by atoms with E-state index in [-0.39, 0.29) is 10.7 Å². The molecule has 0 saturated heterocycles. The number of aromatic nitrogens is 2. The van der Waals surface area contributed by atoms with Crippen LogP contribution in [0.25, 0.3) is 10.9 Å². The lowest BCUT2D eigenvalue weighted by Crippen LogP contribution is -2.46. The number of hydrogen-bond acceptors (Lipinski definition) is 7. The predicted molar refractivity (Wildman–Crippen MR) is 186 cm³/mol. The summed E-state index contributed by atoms with van der Waals surface area (Å²) in [6, 6.07) is 12.1. The zero-order valence-electron chi connectivity index (χ0n) is 28.8. The zero-order valence-corrected chi connectivity index (χ0v) is 29.6. The molecule has 1 unspecified atom stereocenters. The van der Waals surface area contributed by atoms with E-state index in [1.165, 1.54) is 0 Å². The molecule has 0 aliphatic carbocycles. The molecule has 0 saturated carbocycles. The number of allylic oxidation sites excluding steroid dienone is 3. The smallest absolute Gasteiger partial charge is 0.311 e. The molecule has 2 heterocycles. The molecule has 8 heteroatoms. The van der Waals surface area contributed by atoms with Crippen molar-refractivity contribution in [3.63, 3.8) is 0 Å². The van der Waals surface area contributed by atoms with Crippen molar-refractivity contribution in [3.8, 4) is 5.75 Å². The summed E-state index contributed by atoms with van der Waals surface area (Å²) in [4.78, 5) is 21.0. The summed E-state index contributed by atoms with van der Waals surface area (Å²) in [6.07, 6.45) is 11.1. The molecule has 1 aromatic carbocycles. The third-order valence-electron chi connectivity index (χ3n) is 7.55. The van der Waals surface area contributed by atoms with Gasteiger partial charge in [-0.1, -0.05) is 52.5 Å². The maximum Gasteiger partial charge on any atom is 0.311 e. The van der Waals surface area contributed by atoms with E-state index in [2.05, 4.69) is 79.9 Å². The third kappa shape index (κ3) is 8.54. The van der Waals surface area contributed by atoms with Gasteiger partial charge in [-0.05, 0) is 76.6 Å². The first-order valence-corrected chi connectivity index (χ1v) is 16.4. The molecule has 0 aliphatic rings. The van der Waals surface area contributed by atoms with E-state index in [0.717, 1.165) is 39.4 Å². The summed E-state index contributed by atoms with van der Waals surface area (Å²) in [5.74, 6) is 1.18. The first kappa shape index (κ1) is 35.8. The molecule has 0 radical (unpaired) electrons. The van der Waals surface area contributed by atoms with Crippen LogP contribution in [-0.4, -0.2) is 45.9 Å². The number of carbonyl (C=O) groups excluding carboxylic acids is 1. The van der Waals surface area contributed by atoms with Crippen molar-refractivity contribution in [2.24, 2.45) is 5.41 Å². The second-order valence-electron chi connectivity index (χ2n) is 12.8. The Morgan fingerprint density at radius 3 is 2.42 bits per heavy atom. The highest BCUT2D eigenvalue weighted by molar-refractivity contribution is 8.00. The molecule has 1 atom stereocenters. The van der Waals surface area contributed by atoms with E-state index in [9.17, 15) is 4.79 Å². The normalized spacial score (nSPS) is 14.0. The van der Waals surface area contributed by atoms with Crippen molar-refractivity contribution in [1.82, 2.24) is 14.5 Å². The van der Waals surface area contributed by atoms with Gasteiger partial charge in [-0.15, -0.1) is 11.8 Å². The lowest BCUT2D eigenvalue weighted by molar-refractivity contribution is -0.153. The van der Waals surface area contributed by atoms with Crippen LogP contribution < -0.4 is 4.74 Å². The number of thioether (sulfide) groups is 1. The van der Waals surface area contributed by atoms with Crippen LogP contribution in [0.15, 0.2) is 84.3 Å². The standard InChI is InChI=1S/C37H51N3O4S/c1-12-15-22-37(9,39(10)32(42-11)18-13-2)40-30-21-20-28(44-26-27-19-16-17-23-38-27)24-29(30)33(45-35(4,5)6)31(40)25-36(7,8)34(41)43-14-3/h13,15-24H,2,12,14,25-26H2,1,3-11H3/b22-15-,32-18+. The van der Waals surface area contributed by atoms with Gasteiger partial charge in [0.15, 0.2) is 5.88 Å². The lowest BCUT2D eigenvalue weighted by atomic mass is 9.87. The van der Waals surface area contributed by atoms with Crippen molar-refractivity contribution >= 4 is 28.6 Å². The van der Waals surface area contributed by atoms with Gasteiger partial charge in [-0.3, -0.25) is 9.78 Å². The summed E-state index contributed by atoms with van der Waals surface area (Å²) < 4.78 is 19.9. The Labute approximate surface area is 274 Å². The molecule has 0 N–H and O–H groups in total. The number of likely N-dealkylation sites (N-methyl/N-ethyl adjacent to an activating group) is 1. The van der Waals surface area contributed by atoms with Gasteiger partial charge in [-0.25, -0.2) is 0 Å². The van der Waals surface area contributed by atoms with Crippen molar-refractivity contribution in [2.75, 3.05) is 20.8 Å². The van der Waals surface area contributed by atoms with Crippen LogP contribution in [0.3, 0.4) is 0 Å². The molecule has 3 rings (SSSR count). The van der Waals surface area contributed by atoms with E-state index in [1.807, 2.05) is 58.2 Å². The molecule has 0 aliphatic heterocycles. The number of pyridine rings is 1. The fraction of sp³-hybridized carbons (Fsp3) is 0.459. The lowest BCUT2D eigenvalue weighted by Gasteiger charge is -2.42. The fourth-order valence-electron chi connectivity index (χ4n) is 5.26. The van der Waals surface area contributed by atoms with Gasteiger partial charge in [0.2, 0.25) is 0 Å².